The van der Waals surface area contributed by atoms with Crippen molar-refractivity contribution in [1.29, 1.82) is 0 Å². The number of hydrogen-bond acceptors (Lipinski definition) is 5. The highest BCUT2D eigenvalue weighted by atomic mass is 32.1. The Hall–Kier alpha value is -1.79. The molecule has 0 bridgehead atoms. The second kappa shape index (κ2) is 5.91. The molecule has 110 valence electrons. The second-order valence-electron chi connectivity index (χ2n) is 5.20. The van der Waals surface area contributed by atoms with Gasteiger partial charge in [0.15, 0.2) is 0 Å². The number of ether oxygens (including phenoxy) is 1. The Morgan fingerprint density at radius 3 is 2.90 bits per heavy atom. The van der Waals surface area contributed by atoms with Crippen LogP contribution in [-0.4, -0.2) is 22.7 Å². The van der Waals surface area contributed by atoms with E-state index in [2.05, 4.69) is 15.5 Å². The molecule has 21 heavy (non-hydrogen) atoms. The van der Waals surface area contributed by atoms with Crippen molar-refractivity contribution >= 4 is 22.4 Å². The summed E-state index contributed by atoms with van der Waals surface area (Å²) in [6.07, 6.45) is 2.06. The van der Waals surface area contributed by atoms with Crippen LogP contribution in [0.25, 0.3) is 0 Å². The molecule has 1 aromatic heterocycles. The van der Waals surface area contributed by atoms with Crippen molar-refractivity contribution in [3.05, 3.63) is 39.9 Å². The van der Waals surface area contributed by atoms with E-state index in [0.717, 1.165) is 30.0 Å². The highest BCUT2D eigenvalue weighted by Gasteiger charge is 2.22. The van der Waals surface area contributed by atoms with Gasteiger partial charge in [-0.1, -0.05) is 17.4 Å². The molecule has 1 aliphatic rings. The van der Waals surface area contributed by atoms with Crippen molar-refractivity contribution < 1.29 is 9.53 Å². The van der Waals surface area contributed by atoms with Gasteiger partial charge in [0.05, 0.1) is 0 Å². The number of nitrogens with one attached hydrogen (secondary N) is 1. The third kappa shape index (κ3) is 3.11. The van der Waals surface area contributed by atoms with Crippen molar-refractivity contribution in [2.24, 2.45) is 0 Å². The van der Waals surface area contributed by atoms with Gasteiger partial charge < -0.3 is 4.74 Å². The molecule has 2 heterocycles. The predicted octanol–water partition coefficient (Wildman–Crippen LogP) is 3.26. The standard InChI is InChI=1S/C15H17N3O2S/c1-9-5-6-11(8-10(9)2)13(19)16-15-18-17-14(21-15)12-4-3-7-20-12/h5-6,8,12H,3-4,7H2,1-2H3,(H,16,18,19). The molecule has 1 saturated heterocycles. The van der Waals surface area contributed by atoms with E-state index in [-0.39, 0.29) is 12.0 Å². The monoisotopic (exact) mass is 303 g/mol. The zero-order valence-corrected chi connectivity index (χ0v) is 12.9. The van der Waals surface area contributed by atoms with Gasteiger partial charge in [0, 0.05) is 12.2 Å². The van der Waals surface area contributed by atoms with Gasteiger partial charge in [-0.2, -0.15) is 0 Å². The van der Waals surface area contributed by atoms with E-state index in [9.17, 15) is 4.79 Å². The summed E-state index contributed by atoms with van der Waals surface area (Å²) in [7, 11) is 0. The first-order valence-electron chi connectivity index (χ1n) is 6.97. The average molecular weight is 303 g/mol. The first-order valence-corrected chi connectivity index (χ1v) is 7.79. The van der Waals surface area contributed by atoms with Gasteiger partial charge in [0.1, 0.15) is 11.1 Å². The van der Waals surface area contributed by atoms with Crippen LogP contribution in [-0.2, 0) is 4.74 Å². The topological polar surface area (TPSA) is 64.1 Å². The minimum absolute atomic E-state index is 0.0368. The molecule has 5 nitrogen and oxygen atoms in total. The third-order valence-electron chi connectivity index (χ3n) is 3.64. The Balaban J connectivity index is 1.70. The number of rotatable bonds is 3. The molecule has 1 N–H and O–H groups in total. The van der Waals surface area contributed by atoms with Crippen LogP contribution in [0.2, 0.25) is 0 Å². The minimum atomic E-state index is -0.159. The molecule has 1 unspecified atom stereocenters. The summed E-state index contributed by atoms with van der Waals surface area (Å²) in [5, 5.41) is 12.3. The summed E-state index contributed by atoms with van der Waals surface area (Å²) in [5.41, 5.74) is 2.90. The van der Waals surface area contributed by atoms with Gasteiger partial charge in [-0.3, -0.25) is 10.1 Å². The van der Waals surface area contributed by atoms with E-state index in [1.54, 1.807) is 0 Å². The van der Waals surface area contributed by atoms with Gasteiger partial charge in [-0.05, 0) is 49.9 Å². The highest BCUT2D eigenvalue weighted by molar-refractivity contribution is 7.15. The first kappa shape index (κ1) is 14.2. The van der Waals surface area contributed by atoms with Crippen molar-refractivity contribution in [1.82, 2.24) is 10.2 Å². The maximum Gasteiger partial charge on any atom is 0.257 e. The molecule has 2 aromatic rings. The third-order valence-corrected chi connectivity index (χ3v) is 4.57. The Bertz CT molecular complexity index is 663. The van der Waals surface area contributed by atoms with Gasteiger partial charge >= 0.3 is 0 Å². The van der Waals surface area contributed by atoms with Gasteiger partial charge in [0.25, 0.3) is 5.91 Å². The Kier molecular flexibility index (Phi) is 3.98. The van der Waals surface area contributed by atoms with Gasteiger partial charge in [0.2, 0.25) is 5.13 Å². The summed E-state index contributed by atoms with van der Waals surface area (Å²) in [5.74, 6) is -0.159. The molecule has 0 radical (unpaired) electrons. The summed E-state index contributed by atoms with van der Waals surface area (Å²) >= 11 is 1.38. The van der Waals surface area contributed by atoms with E-state index in [1.165, 1.54) is 16.9 Å². The molecule has 0 spiro atoms. The molecule has 3 rings (SSSR count). The first-order chi connectivity index (χ1) is 10.1. The van der Waals surface area contributed by atoms with Crippen LogP contribution in [0.1, 0.15) is 45.4 Å². The van der Waals surface area contributed by atoms with E-state index < -0.39 is 0 Å². The fourth-order valence-corrected chi connectivity index (χ4v) is 3.06. The van der Waals surface area contributed by atoms with Crippen LogP contribution >= 0.6 is 11.3 Å². The molecule has 0 aliphatic carbocycles. The van der Waals surface area contributed by atoms with Crippen LogP contribution in [0.15, 0.2) is 18.2 Å². The van der Waals surface area contributed by atoms with E-state index in [1.807, 2.05) is 32.0 Å². The van der Waals surface area contributed by atoms with Crippen LogP contribution in [0.5, 0.6) is 0 Å². The number of benzene rings is 1. The molecule has 1 amide bonds. The van der Waals surface area contributed by atoms with Crippen molar-refractivity contribution in [2.45, 2.75) is 32.8 Å². The number of nitrogens with zero attached hydrogens (tertiary/aromatic N) is 2. The zero-order chi connectivity index (χ0) is 14.8. The number of amides is 1. The maximum absolute atomic E-state index is 12.2. The van der Waals surface area contributed by atoms with Crippen LogP contribution in [0.3, 0.4) is 0 Å². The van der Waals surface area contributed by atoms with Crippen molar-refractivity contribution in [3.63, 3.8) is 0 Å². The van der Waals surface area contributed by atoms with Crippen LogP contribution in [0.4, 0.5) is 5.13 Å². The average Bonchev–Trinajstić information content (AvgIpc) is 3.12. The Morgan fingerprint density at radius 2 is 2.19 bits per heavy atom. The van der Waals surface area contributed by atoms with Crippen LogP contribution < -0.4 is 5.32 Å². The molecule has 1 aromatic carbocycles. The summed E-state index contributed by atoms with van der Waals surface area (Å²) in [6, 6.07) is 5.65. The SMILES string of the molecule is Cc1ccc(C(=O)Nc2nnc(C3CCCO3)s2)cc1C. The quantitative estimate of drug-likeness (QED) is 0.945. The minimum Gasteiger partial charge on any atom is -0.371 e. The maximum atomic E-state index is 12.2. The molecule has 0 saturated carbocycles. The molecule has 1 aliphatic heterocycles. The largest absolute Gasteiger partial charge is 0.371 e. The fourth-order valence-electron chi connectivity index (χ4n) is 2.24. The molecule has 1 atom stereocenters. The number of anilines is 1. The van der Waals surface area contributed by atoms with Gasteiger partial charge in [-0.15, -0.1) is 10.2 Å². The lowest BCUT2D eigenvalue weighted by Gasteiger charge is -2.05. The number of aryl methyl sites for hydroxylation is 2. The van der Waals surface area contributed by atoms with E-state index in [4.69, 9.17) is 4.74 Å². The second-order valence-corrected chi connectivity index (χ2v) is 6.21. The number of hydrogen-bond donors (Lipinski definition) is 1. The number of carbonyl (C=O) groups excluding carboxylic acids is 1. The van der Waals surface area contributed by atoms with E-state index >= 15 is 0 Å². The lowest BCUT2D eigenvalue weighted by Crippen LogP contribution is -2.12. The van der Waals surface area contributed by atoms with E-state index in [0.29, 0.717) is 10.7 Å². The van der Waals surface area contributed by atoms with Crippen molar-refractivity contribution in [2.75, 3.05) is 11.9 Å². The van der Waals surface area contributed by atoms with Crippen LogP contribution in [0, 0.1) is 13.8 Å². The predicted molar refractivity (Wildman–Crippen MR) is 81.7 cm³/mol. The zero-order valence-electron chi connectivity index (χ0n) is 12.0. The number of aromatic nitrogens is 2. The fraction of sp³-hybridized carbons (Fsp3) is 0.400. The molecule has 6 heteroatoms. The lowest BCUT2D eigenvalue weighted by molar-refractivity contribution is 0.102. The Morgan fingerprint density at radius 1 is 1.33 bits per heavy atom. The number of carbonyl (C=O) groups is 1. The van der Waals surface area contributed by atoms with Gasteiger partial charge in [-0.25, -0.2) is 0 Å². The molecular formula is C15H17N3O2S. The lowest BCUT2D eigenvalue weighted by atomic mass is 10.1. The smallest absolute Gasteiger partial charge is 0.257 e. The normalized spacial score (nSPS) is 17.9. The summed E-state index contributed by atoms with van der Waals surface area (Å²) in [4.78, 5) is 12.2. The molecular weight excluding hydrogens is 286 g/mol. The highest BCUT2D eigenvalue weighted by Crippen LogP contribution is 2.32. The van der Waals surface area contributed by atoms with Crippen molar-refractivity contribution in [3.8, 4) is 0 Å². The summed E-state index contributed by atoms with van der Waals surface area (Å²) in [6.45, 7) is 4.79. The molecule has 1 fully saturated rings. The summed E-state index contributed by atoms with van der Waals surface area (Å²) < 4.78 is 5.57. The Labute approximate surface area is 127 Å².